The van der Waals surface area contributed by atoms with E-state index in [1.165, 1.54) is 12.1 Å². The number of rotatable bonds is 1. The summed E-state index contributed by atoms with van der Waals surface area (Å²) < 4.78 is 15.5. The second kappa shape index (κ2) is 4.17. The van der Waals surface area contributed by atoms with E-state index in [0.717, 1.165) is 22.3 Å². The molecular weight excluding hydrogens is 251 g/mol. The average Bonchev–Trinajstić information content (AvgIpc) is 2.96. The molecule has 4 rings (SSSR count). The topological polar surface area (TPSA) is 17.3 Å². The highest BCUT2D eigenvalue weighted by Gasteiger charge is 2.10. The van der Waals surface area contributed by atoms with Crippen LogP contribution in [0.4, 0.5) is 4.39 Å². The minimum Gasteiger partial charge on any atom is -0.313 e. The summed E-state index contributed by atoms with van der Waals surface area (Å²) >= 11 is 0. The summed E-state index contributed by atoms with van der Waals surface area (Å²) in [7, 11) is 0. The molecule has 20 heavy (non-hydrogen) atoms. The lowest BCUT2D eigenvalue weighted by Crippen LogP contribution is -1.95. The fourth-order valence-corrected chi connectivity index (χ4v) is 2.56. The summed E-state index contributed by atoms with van der Waals surface area (Å²) in [6.07, 6.45) is 1.98. The predicted molar refractivity (Wildman–Crippen MR) is 78.1 cm³/mol. The lowest BCUT2D eigenvalue weighted by molar-refractivity contribution is 0.629. The lowest BCUT2D eigenvalue weighted by Gasteiger charge is -2.08. The Kier molecular flexibility index (Phi) is 2.33. The van der Waals surface area contributed by atoms with Crippen molar-refractivity contribution in [2.75, 3.05) is 0 Å². The maximum atomic E-state index is 13.4. The Morgan fingerprint density at radius 3 is 2.55 bits per heavy atom. The van der Waals surface area contributed by atoms with Crippen molar-refractivity contribution in [3.63, 3.8) is 0 Å². The molecule has 2 heterocycles. The molecule has 0 spiro atoms. The van der Waals surface area contributed by atoms with E-state index in [9.17, 15) is 4.39 Å². The van der Waals surface area contributed by atoms with Gasteiger partial charge in [0.25, 0.3) is 0 Å². The van der Waals surface area contributed by atoms with Gasteiger partial charge in [-0.05, 0) is 24.3 Å². The SMILES string of the molecule is Fc1ccc2c(c1)nc(-c1ccccc1)c1cccn12. The quantitative estimate of drug-likeness (QED) is 0.500. The highest BCUT2D eigenvalue weighted by Crippen LogP contribution is 2.27. The van der Waals surface area contributed by atoms with E-state index >= 15 is 0 Å². The van der Waals surface area contributed by atoms with Crippen molar-refractivity contribution in [3.05, 3.63) is 72.7 Å². The average molecular weight is 262 g/mol. The van der Waals surface area contributed by atoms with Crippen molar-refractivity contribution in [1.82, 2.24) is 9.38 Å². The van der Waals surface area contributed by atoms with Gasteiger partial charge in [-0.25, -0.2) is 9.37 Å². The Bertz CT molecular complexity index is 910. The molecule has 0 N–H and O–H groups in total. The molecule has 0 amide bonds. The van der Waals surface area contributed by atoms with Crippen LogP contribution in [0.15, 0.2) is 66.9 Å². The van der Waals surface area contributed by atoms with Crippen LogP contribution in [0.5, 0.6) is 0 Å². The molecule has 3 heteroatoms. The van der Waals surface area contributed by atoms with Crippen LogP contribution in [0.3, 0.4) is 0 Å². The van der Waals surface area contributed by atoms with Gasteiger partial charge in [-0.2, -0.15) is 0 Å². The molecule has 0 fully saturated rings. The molecule has 0 atom stereocenters. The van der Waals surface area contributed by atoms with Gasteiger partial charge < -0.3 is 4.40 Å². The summed E-state index contributed by atoms with van der Waals surface area (Å²) in [6.45, 7) is 0. The fourth-order valence-electron chi connectivity index (χ4n) is 2.56. The maximum Gasteiger partial charge on any atom is 0.125 e. The van der Waals surface area contributed by atoms with Crippen LogP contribution in [0.25, 0.3) is 27.8 Å². The predicted octanol–water partition coefficient (Wildman–Crippen LogP) is 4.29. The third-order valence-corrected chi connectivity index (χ3v) is 3.47. The first-order chi connectivity index (χ1) is 9.83. The van der Waals surface area contributed by atoms with Crippen molar-refractivity contribution >= 4 is 16.6 Å². The van der Waals surface area contributed by atoms with E-state index in [2.05, 4.69) is 4.98 Å². The molecule has 0 aliphatic heterocycles. The molecule has 4 aromatic rings. The second-order valence-corrected chi connectivity index (χ2v) is 4.72. The van der Waals surface area contributed by atoms with Gasteiger partial charge in [-0.3, -0.25) is 0 Å². The Balaban J connectivity index is 2.16. The van der Waals surface area contributed by atoms with Crippen LogP contribution < -0.4 is 0 Å². The van der Waals surface area contributed by atoms with E-state index in [-0.39, 0.29) is 5.82 Å². The first kappa shape index (κ1) is 11.2. The third kappa shape index (κ3) is 1.60. The van der Waals surface area contributed by atoms with E-state index < -0.39 is 0 Å². The highest BCUT2D eigenvalue weighted by atomic mass is 19.1. The van der Waals surface area contributed by atoms with Gasteiger partial charge in [0.15, 0.2) is 0 Å². The number of fused-ring (bicyclic) bond motifs is 3. The number of aromatic nitrogens is 2. The molecule has 0 bridgehead atoms. The molecule has 2 nitrogen and oxygen atoms in total. The number of halogens is 1. The third-order valence-electron chi connectivity index (χ3n) is 3.47. The number of nitrogens with zero attached hydrogens (tertiary/aromatic N) is 2. The van der Waals surface area contributed by atoms with Crippen molar-refractivity contribution < 1.29 is 4.39 Å². The number of hydrogen-bond donors (Lipinski definition) is 0. The Morgan fingerprint density at radius 2 is 1.70 bits per heavy atom. The molecule has 0 saturated heterocycles. The first-order valence-corrected chi connectivity index (χ1v) is 6.45. The van der Waals surface area contributed by atoms with Crippen molar-refractivity contribution in [2.45, 2.75) is 0 Å². The van der Waals surface area contributed by atoms with Gasteiger partial charge in [-0.1, -0.05) is 30.3 Å². The lowest BCUT2D eigenvalue weighted by atomic mass is 10.1. The second-order valence-electron chi connectivity index (χ2n) is 4.72. The van der Waals surface area contributed by atoms with E-state index in [1.54, 1.807) is 6.07 Å². The van der Waals surface area contributed by atoms with Crippen LogP contribution in [-0.2, 0) is 0 Å². The zero-order valence-electron chi connectivity index (χ0n) is 10.6. The Morgan fingerprint density at radius 1 is 0.850 bits per heavy atom. The van der Waals surface area contributed by atoms with E-state index in [4.69, 9.17) is 0 Å². The molecule has 2 aromatic heterocycles. The Hall–Kier alpha value is -2.68. The van der Waals surface area contributed by atoms with E-state index in [1.807, 2.05) is 53.1 Å². The van der Waals surface area contributed by atoms with Gasteiger partial charge in [0.05, 0.1) is 22.2 Å². The number of hydrogen-bond acceptors (Lipinski definition) is 1. The van der Waals surface area contributed by atoms with Gasteiger partial charge in [-0.15, -0.1) is 0 Å². The molecule has 0 saturated carbocycles. The molecule has 0 aliphatic carbocycles. The van der Waals surface area contributed by atoms with Crippen LogP contribution in [0.1, 0.15) is 0 Å². The Labute approximate surface area is 115 Å². The van der Waals surface area contributed by atoms with Gasteiger partial charge in [0.1, 0.15) is 5.82 Å². The summed E-state index contributed by atoms with van der Waals surface area (Å²) in [4.78, 5) is 4.65. The van der Waals surface area contributed by atoms with Gasteiger partial charge >= 0.3 is 0 Å². The monoisotopic (exact) mass is 262 g/mol. The van der Waals surface area contributed by atoms with E-state index in [0.29, 0.717) is 5.52 Å². The minimum atomic E-state index is -0.268. The standard InChI is InChI=1S/C17H11FN2/c18-13-8-9-15-14(11-13)19-17(12-5-2-1-3-6-12)16-7-4-10-20(15)16/h1-11H. The number of benzene rings is 2. The first-order valence-electron chi connectivity index (χ1n) is 6.45. The maximum absolute atomic E-state index is 13.4. The molecule has 2 aromatic carbocycles. The normalized spacial score (nSPS) is 11.2. The molecule has 96 valence electrons. The minimum absolute atomic E-state index is 0.268. The zero-order valence-corrected chi connectivity index (χ0v) is 10.6. The summed E-state index contributed by atoms with van der Waals surface area (Å²) in [5.41, 5.74) is 4.49. The molecule has 0 unspecified atom stereocenters. The highest BCUT2D eigenvalue weighted by molar-refractivity contribution is 5.87. The molecule has 0 radical (unpaired) electrons. The van der Waals surface area contributed by atoms with Gasteiger partial charge in [0, 0.05) is 17.8 Å². The van der Waals surface area contributed by atoms with Gasteiger partial charge in [0.2, 0.25) is 0 Å². The fraction of sp³-hybridized carbons (Fsp3) is 0. The largest absolute Gasteiger partial charge is 0.313 e. The molecular formula is C17H11FN2. The van der Waals surface area contributed by atoms with Crippen LogP contribution in [-0.4, -0.2) is 9.38 Å². The van der Waals surface area contributed by atoms with Crippen LogP contribution >= 0.6 is 0 Å². The van der Waals surface area contributed by atoms with Crippen LogP contribution in [0.2, 0.25) is 0 Å². The van der Waals surface area contributed by atoms with Crippen molar-refractivity contribution in [1.29, 1.82) is 0 Å². The zero-order chi connectivity index (χ0) is 13.5. The van der Waals surface area contributed by atoms with Crippen molar-refractivity contribution in [2.24, 2.45) is 0 Å². The summed E-state index contributed by atoms with van der Waals surface area (Å²) in [5, 5.41) is 0. The van der Waals surface area contributed by atoms with Crippen LogP contribution in [0, 0.1) is 5.82 Å². The summed E-state index contributed by atoms with van der Waals surface area (Å²) in [6, 6.07) is 18.7. The molecule has 0 aliphatic rings. The smallest absolute Gasteiger partial charge is 0.125 e. The summed E-state index contributed by atoms with van der Waals surface area (Å²) in [5.74, 6) is -0.268. The van der Waals surface area contributed by atoms with Crippen molar-refractivity contribution in [3.8, 4) is 11.3 Å².